The second-order valence-electron chi connectivity index (χ2n) is 3.86. The first-order valence-corrected chi connectivity index (χ1v) is 7.35. The van der Waals surface area contributed by atoms with Gasteiger partial charge in [-0.3, -0.25) is 0 Å². The van der Waals surface area contributed by atoms with Crippen molar-refractivity contribution in [2.24, 2.45) is 0 Å². The lowest BCUT2D eigenvalue weighted by atomic mass is 10.2. The molecule has 15 heavy (non-hydrogen) atoms. The first kappa shape index (κ1) is 13.0. The predicted molar refractivity (Wildman–Crippen MR) is 71.0 cm³/mol. The summed E-state index contributed by atoms with van der Waals surface area (Å²) in [6.07, 6.45) is 2.15. The number of hydrogen-bond donors (Lipinski definition) is 1. The zero-order valence-corrected chi connectivity index (χ0v) is 11.8. The normalized spacial score (nSPS) is 15.3. The molecule has 2 atom stereocenters. The standard InChI is InChI=1S/C11H20N2S2/c1-7(14-5)6-12-8(2)11-9(3)13-10(4)15-11/h7-8,12H,6H2,1-5H3. The molecule has 0 saturated carbocycles. The number of thioether (sulfide) groups is 1. The maximum atomic E-state index is 4.45. The monoisotopic (exact) mass is 244 g/mol. The van der Waals surface area contributed by atoms with E-state index in [1.165, 1.54) is 10.6 Å². The molecule has 1 aromatic rings. The van der Waals surface area contributed by atoms with E-state index in [4.69, 9.17) is 0 Å². The van der Waals surface area contributed by atoms with E-state index in [9.17, 15) is 0 Å². The van der Waals surface area contributed by atoms with Gasteiger partial charge in [0, 0.05) is 22.7 Å². The molecule has 1 aromatic heterocycles. The number of aromatic nitrogens is 1. The van der Waals surface area contributed by atoms with Crippen molar-refractivity contribution in [3.63, 3.8) is 0 Å². The second kappa shape index (κ2) is 5.87. The summed E-state index contributed by atoms with van der Waals surface area (Å²) in [4.78, 5) is 5.83. The van der Waals surface area contributed by atoms with Crippen LogP contribution in [0.2, 0.25) is 0 Å². The Hall–Kier alpha value is -0.0600. The Morgan fingerprint density at radius 1 is 1.40 bits per heavy atom. The van der Waals surface area contributed by atoms with Gasteiger partial charge in [-0.2, -0.15) is 11.8 Å². The fourth-order valence-corrected chi connectivity index (χ4v) is 2.68. The van der Waals surface area contributed by atoms with Crippen LogP contribution in [-0.2, 0) is 0 Å². The van der Waals surface area contributed by atoms with Crippen LogP contribution in [0.25, 0.3) is 0 Å². The molecular weight excluding hydrogens is 224 g/mol. The van der Waals surface area contributed by atoms with E-state index in [0.717, 1.165) is 11.6 Å². The molecule has 2 nitrogen and oxygen atoms in total. The Kier molecular flexibility index (Phi) is 5.09. The number of hydrogen-bond acceptors (Lipinski definition) is 4. The van der Waals surface area contributed by atoms with Gasteiger partial charge in [-0.15, -0.1) is 11.3 Å². The van der Waals surface area contributed by atoms with Crippen molar-refractivity contribution in [1.29, 1.82) is 0 Å². The molecule has 0 aliphatic rings. The number of aryl methyl sites for hydroxylation is 2. The molecule has 0 aliphatic heterocycles. The van der Waals surface area contributed by atoms with Crippen molar-refractivity contribution < 1.29 is 0 Å². The van der Waals surface area contributed by atoms with Crippen LogP contribution in [0.3, 0.4) is 0 Å². The highest BCUT2D eigenvalue weighted by atomic mass is 32.2. The molecule has 86 valence electrons. The number of rotatable bonds is 5. The Labute approximate surface area is 101 Å². The van der Waals surface area contributed by atoms with Gasteiger partial charge in [-0.05, 0) is 27.0 Å². The van der Waals surface area contributed by atoms with Crippen LogP contribution in [0.15, 0.2) is 0 Å². The molecule has 0 spiro atoms. The lowest BCUT2D eigenvalue weighted by Crippen LogP contribution is -2.25. The van der Waals surface area contributed by atoms with Crippen molar-refractivity contribution >= 4 is 23.1 Å². The highest BCUT2D eigenvalue weighted by molar-refractivity contribution is 7.99. The summed E-state index contributed by atoms with van der Waals surface area (Å²) in [5, 5.41) is 5.38. The molecule has 1 rings (SSSR count). The highest BCUT2D eigenvalue weighted by Gasteiger charge is 2.12. The van der Waals surface area contributed by atoms with E-state index in [1.54, 1.807) is 11.3 Å². The van der Waals surface area contributed by atoms with Gasteiger partial charge in [0.1, 0.15) is 0 Å². The minimum absolute atomic E-state index is 0.422. The van der Waals surface area contributed by atoms with Crippen LogP contribution in [0.5, 0.6) is 0 Å². The first-order valence-electron chi connectivity index (χ1n) is 5.24. The van der Waals surface area contributed by atoms with Crippen LogP contribution in [0, 0.1) is 13.8 Å². The maximum Gasteiger partial charge on any atom is 0.0900 e. The van der Waals surface area contributed by atoms with Gasteiger partial charge in [-0.25, -0.2) is 4.98 Å². The Morgan fingerprint density at radius 3 is 2.53 bits per heavy atom. The smallest absolute Gasteiger partial charge is 0.0900 e. The highest BCUT2D eigenvalue weighted by Crippen LogP contribution is 2.24. The summed E-state index contributed by atoms with van der Waals surface area (Å²) in [5.41, 5.74) is 1.18. The van der Waals surface area contributed by atoms with E-state index in [-0.39, 0.29) is 0 Å². The molecule has 0 amide bonds. The van der Waals surface area contributed by atoms with E-state index in [1.807, 2.05) is 11.8 Å². The van der Waals surface area contributed by atoms with Gasteiger partial charge >= 0.3 is 0 Å². The van der Waals surface area contributed by atoms with E-state index >= 15 is 0 Å². The first-order chi connectivity index (χ1) is 7.04. The van der Waals surface area contributed by atoms with Crippen molar-refractivity contribution in [2.45, 2.75) is 39.0 Å². The lowest BCUT2D eigenvalue weighted by molar-refractivity contribution is 0.580. The van der Waals surface area contributed by atoms with Crippen LogP contribution in [0.4, 0.5) is 0 Å². The summed E-state index contributed by atoms with van der Waals surface area (Å²) in [7, 11) is 0. The van der Waals surface area contributed by atoms with Gasteiger partial charge in [0.25, 0.3) is 0 Å². The molecule has 2 unspecified atom stereocenters. The Bertz CT molecular complexity index is 310. The summed E-state index contributed by atoms with van der Waals surface area (Å²) in [6, 6.07) is 0.422. The van der Waals surface area contributed by atoms with Crippen molar-refractivity contribution in [1.82, 2.24) is 10.3 Å². The third-order valence-electron chi connectivity index (χ3n) is 2.45. The van der Waals surface area contributed by atoms with Crippen molar-refractivity contribution in [2.75, 3.05) is 12.8 Å². The molecule has 0 fully saturated rings. The maximum absolute atomic E-state index is 4.45. The molecule has 1 N–H and O–H groups in total. The van der Waals surface area contributed by atoms with Crippen LogP contribution in [0.1, 0.15) is 35.5 Å². The van der Waals surface area contributed by atoms with Gasteiger partial charge < -0.3 is 5.32 Å². The molecule has 0 saturated heterocycles. The Balaban J connectivity index is 2.53. The zero-order chi connectivity index (χ0) is 11.4. The average Bonchev–Trinajstić information content (AvgIpc) is 2.53. The van der Waals surface area contributed by atoms with E-state index < -0.39 is 0 Å². The molecule has 4 heteroatoms. The third-order valence-corrected chi connectivity index (χ3v) is 4.67. The zero-order valence-electron chi connectivity index (χ0n) is 10.1. The van der Waals surface area contributed by atoms with Gasteiger partial charge in [0.2, 0.25) is 0 Å². The molecule has 0 aliphatic carbocycles. The minimum Gasteiger partial charge on any atom is -0.308 e. The average molecular weight is 244 g/mol. The second-order valence-corrected chi connectivity index (χ2v) is 6.37. The van der Waals surface area contributed by atoms with E-state index in [0.29, 0.717) is 11.3 Å². The minimum atomic E-state index is 0.422. The summed E-state index contributed by atoms with van der Waals surface area (Å²) in [6.45, 7) is 9.67. The summed E-state index contributed by atoms with van der Waals surface area (Å²) >= 11 is 3.70. The molecule has 1 heterocycles. The SMILES string of the molecule is CSC(C)CNC(C)c1sc(C)nc1C. The number of nitrogens with zero attached hydrogens (tertiary/aromatic N) is 1. The fourth-order valence-electron chi connectivity index (χ4n) is 1.47. The van der Waals surface area contributed by atoms with Gasteiger partial charge in [0.15, 0.2) is 0 Å². The molecular formula is C11H20N2S2. The predicted octanol–water partition coefficient (Wildman–Crippen LogP) is 3.16. The summed E-state index contributed by atoms with van der Waals surface area (Å²) in [5.74, 6) is 0. The third kappa shape index (κ3) is 3.78. The fraction of sp³-hybridized carbons (Fsp3) is 0.727. The quantitative estimate of drug-likeness (QED) is 0.861. The molecule has 0 aromatic carbocycles. The largest absolute Gasteiger partial charge is 0.308 e. The number of thiazole rings is 1. The number of nitrogens with one attached hydrogen (secondary N) is 1. The topological polar surface area (TPSA) is 24.9 Å². The van der Waals surface area contributed by atoms with Crippen LogP contribution < -0.4 is 5.32 Å². The van der Waals surface area contributed by atoms with E-state index in [2.05, 4.69) is 44.3 Å². The molecule has 0 radical (unpaired) electrons. The van der Waals surface area contributed by atoms with Gasteiger partial charge in [-0.1, -0.05) is 6.92 Å². The van der Waals surface area contributed by atoms with Crippen molar-refractivity contribution in [3.8, 4) is 0 Å². The van der Waals surface area contributed by atoms with Gasteiger partial charge in [0.05, 0.1) is 10.7 Å². The molecule has 0 bridgehead atoms. The van der Waals surface area contributed by atoms with Crippen LogP contribution in [-0.4, -0.2) is 23.0 Å². The summed E-state index contributed by atoms with van der Waals surface area (Å²) < 4.78 is 0. The lowest BCUT2D eigenvalue weighted by Gasteiger charge is -2.15. The Morgan fingerprint density at radius 2 is 2.07 bits per heavy atom. The van der Waals surface area contributed by atoms with Crippen molar-refractivity contribution in [3.05, 3.63) is 15.6 Å². The van der Waals surface area contributed by atoms with Crippen LogP contribution >= 0.6 is 23.1 Å².